The van der Waals surface area contributed by atoms with Crippen molar-refractivity contribution in [3.05, 3.63) is 29.8 Å². The van der Waals surface area contributed by atoms with Gasteiger partial charge in [-0.15, -0.1) is 0 Å². The first-order chi connectivity index (χ1) is 9.67. The van der Waals surface area contributed by atoms with Crippen molar-refractivity contribution in [3.63, 3.8) is 0 Å². The highest BCUT2D eigenvalue weighted by Gasteiger charge is 2.44. The van der Waals surface area contributed by atoms with E-state index in [0.29, 0.717) is 12.1 Å². The van der Waals surface area contributed by atoms with Crippen LogP contribution in [0.1, 0.15) is 32.4 Å². The fourth-order valence-corrected chi connectivity index (χ4v) is 4.10. The van der Waals surface area contributed by atoms with Crippen molar-refractivity contribution >= 4 is 15.9 Å². The molecule has 2 N–H and O–H groups in total. The molecule has 7 heteroatoms. The van der Waals surface area contributed by atoms with E-state index in [2.05, 4.69) is 5.32 Å². The number of piperazine rings is 1. The average Bonchev–Trinajstić information content (AvgIpc) is 2.41. The van der Waals surface area contributed by atoms with Crippen LogP contribution in [0.5, 0.6) is 0 Å². The Morgan fingerprint density at radius 2 is 1.86 bits per heavy atom. The molecule has 0 radical (unpaired) electrons. The van der Waals surface area contributed by atoms with Crippen LogP contribution < -0.4 is 5.32 Å². The molecule has 6 nitrogen and oxygen atoms in total. The van der Waals surface area contributed by atoms with E-state index >= 15 is 0 Å². The van der Waals surface area contributed by atoms with E-state index in [0.717, 1.165) is 0 Å². The summed E-state index contributed by atoms with van der Waals surface area (Å²) in [5, 5.41) is 12.1. The Morgan fingerprint density at radius 1 is 1.29 bits per heavy atom. The van der Waals surface area contributed by atoms with Crippen molar-refractivity contribution in [1.29, 1.82) is 0 Å². The van der Waals surface area contributed by atoms with E-state index < -0.39 is 21.7 Å². The maximum Gasteiger partial charge on any atom is 0.244 e. The molecular formula is C14H20N2O4S. The number of carbonyl (C=O) groups is 1. The smallest absolute Gasteiger partial charge is 0.244 e. The number of nitrogens with zero attached hydrogens (tertiary/aromatic N) is 1. The normalized spacial score (nSPS) is 20.9. The zero-order valence-corrected chi connectivity index (χ0v) is 13.1. The predicted molar refractivity (Wildman–Crippen MR) is 78.1 cm³/mol. The summed E-state index contributed by atoms with van der Waals surface area (Å²) in [5.74, 6) is -0.307. The molecule has 0 bridgehead atoms. The molecule has 2 rings (SSSR count). The summed E-state index contributed by atoms with van der Waals surface area (Å²) in [7, 11) is -3.75. The first-order valence-electron chi connectivity index (χ1n) is 6.76. The molecular weight excluding hydrogens is 292 g/mol. The average molecular weight is 312 g/mol. The van der Waals surface area contributed by atoms with Gasteiger partial charge in [0.25, 0.3) is 0 Å². The lowest BCUT2D eigenvalue weighted by molar-refractivity contribution is -0.131. The molecule has 1 aromatic carbocycles. The third kappa shape index (κ3) is 2.81. The number of hydrogen-bond acceptors (Lipinski definition) is 4. The largest absolute Gasteiger partial charge is 0.389 e. The third-order valence-corrected chi connectivity index (χ3v) is 5.82. The lowest BCUT2D eigenvalue weighted by Crippen LogP contribution is -2.63. The highest BCUT2D eigenvalue weighted by atomic mass is 32.2. The van der Waals surface area contributed by atoms with Crippen LogP contribution >= 0.6 is 0 Å². The van der Waals surface area contributed by atoms with Gasteiger partial charge < -0.3 is 10.4 Å². The number of sulfonamides is 1. The Labute approximate surface area is 124 Å². The molecule has 1 aliphatic rings. The second kappa shape index (κ2) is 5.40. The maximum atomic E-state index is 12.7. The summed E-state index contributed by atoms with van der Waals surface area (Å²) in [4.78, 5) is 12.0. The van der Waals surface area contributed by atoms with Crippen molar-refractivity contribution in [2.75, 3.05) is 13.1 Å². The summed E-state index contributed by atoms with van der Waals surface area (Å²) in [6, 6.07) is 6.07. The molecule has 1 aromatic rings. The number of aliphatic hydroxyl groups excluding tert-OH is 1. The number of benzene rings is 1. The lowest BCUT2D eigenvalue weighted by atomic mass is 10.0. The monoisotopic (exact) mass is 312 g/mol. The van der Waals surface area contributed by atoms with Gasteiger partial charge in [0.1, 0.15) is 5.54 Å². The molecule has 21 heavy (non-hydrogen) atoms. The third-order valence-electron chi connectivity index (χ3n) is 3.73. The number of aliphatic hydroxyl groups is 1. The van der Waals surface area contributed by atoms with Gasteiger partial charge in [-0.25, -0.2) is 8.42 Å². The van der Waals surface area contributed by atoms with E-state index in [9.17, 15) is 18.3 Å². The van der Waals surface area contributed by atoms with E-state index in [1.165, 1.54) is 16.4 Å². The first-order valence-corrected chi connectivity index (χ1v) is 8.20. The van der Waals surface area contributed by atoms with Crippen LogP contribution in [0, 0.1) is 0 Å². The molecule has 1 unspecified atom stereocenters. The second-order valence-corrected chi connectivity index (χ2v) is 7.50. The summed E-state index contributed by atoms with van der Waals surface area (Å²) in [5.41, 5.74) is -0.482. The molecule has 1 atom stereocenters. The molecule has 1 fully saturated rings. The quantitative estimate of drug-likeness (QED) is 0.857. The molecule has 116 valence electrons. The predicted octanol–water partition coefficient (Wildman–Crippen LogP) is 0.639. The standard InChI is InChI=1S/C14H20N2O4S/c1-10(17)11-4-6-12(7-5-11)21(19,20)16-9-8-15-13(18)14(16,2)3/h4-7,10,17H,8-9H2,1-3H3,(H,15,18). The van der Waals surface area contributed by atoms with Crippen LogP contribution in [0.3, 0.4) is 0 Å². The van der Waals surface area contributed by atoms with Crippen LogP contribution in [0.15, 0.2) is 29.2 Å². The first kappa shape index (κ1) is 15.9. The topological polar surface area (TPSA) is 86.7 Å². The van der Waals surface area contributed by atoms with Crippen LogP contribution in [0.25, 0.3) is 0 Å². The minimum absolute atomic E-state index is 0.120. The van der Waals surface area contributed by atoms with Gasteiger partial charge in [0, 0.05) is 13.1 Å². The molecule has 1 amide bonds. The Kier molecular flexibility index (Phi) is 4.10. The Balaban J connectivity index is 2.39. The van der Waals surface area contributed by atoms with Gasteiger partial charge in [0.2, 0.25) is 15.9 Å². The minimum Gasteiger partial charge on any atom is -0.389 e. The number of hydrogen-bond donors (Lipinski definition) is 2. The van der Waals surface area contributed by atoms with Gasteiger partial charge in [0.15, 0.2) is 0 Å². The number of amides is 1. The lowest BCUT2D eigenvalue weighted by Gasteiger charge is -2.39. The number of nitrogens with one attached hydrogen (secondary N) is 1. The van der Waals surface area contributed by atoms with Crippen LogP contribution in [-0.2, 0) is 14.8 Å². The Morgan fingerprint density at radius 3 is 2.38 bits per heavy atom. The molecule has 1 heterocycles. The van der Waals surface area contributed by atoms with E-state index in [4.69, 9.17) is 0 Å². The van der Waals surface area contributed by atoms with E-state index in [-0.39, 0.29) is 17.3 Å². The molecule has 1 saturated heterocycles. The van der Waals surface area contributed by atoms with Crippen molar-refractivity contribution in [2.45, 2.75) is 37.3 Å². The highest BCUT2D eigenvalue weighted by Crippen LogP contribution is 2.27. The van der Waals surface area contributed by atoms with Gasteiger partial charge >= 0.3 is 0 Å². The van der Waals surface area contributed by atoms with Crippen molar-refractivity contribution in [2.24, 2.45) is 0 Å². The summed E-state index contributed by atoms with van der Waals surface area (Å²) < 4.78 is 26.6. The summed E-state index contributed by atoms with van der Waals surface area (Å²) in [6.07, 6.45) is -0.654. The van der Waals surface area contributed by atoms with Gasteiger partial charge in [0.05, 0.1) is 11.0 Å². The summed E-state index contributed by atoms with van der Waals surface area (Å²) >= 11 is 0. The zero-order valence-electron chi connectivity index (χ0n) is 12.3. The van der Waals surface area contributed by atoms with Crippen molar-refractivity contribution in [1.82, 2.24) is 9.62 Å². The Bertz CT molecular complexity index is 635. The highest BCUT2D eigenvalue weighted by molar-refractivity contribution is 7.89. The van der Waals surface area contributed by atoms with Crippen molar-refractivity contribution in [3.8, 4) is 0 Å². The zero-order chi connectivity index (χ0) is 15.8. The molecule has 1 aliphatic heterocycles. The van der Waals surface area contributed by atoms with Gasteiger partial charge in [-0.3, -0.25) is 4.79 Å². The van der Waals surface area contributed by atoms with Crippen LogP contribution in [0.2, 0.25) is 0 Å². The summed E-state index contributed by atoms with van der Waals surface area (Å²) in [6.45, 7) is 5.32. The number of carbonyl (C=O) groups excluding carboxylic acids is 1. The molecule has 0 aromatic heterocycles. The van der Waals surface area contributed by atoms with Crippen LogP contribution in [-0.4, -0.2) is 42.4 Å². The minimum atomic E-state index is -3.75. The Hall–Kier alpha value is -1.44. The molecule has 0 saturated carbocycles. The second-order valence-electron chi connectivity index (χ2n) is 5.64. The van der Waals surface area contributed by atoms with Crippen LogP contribution in [0.4, 0.5) is 0 Å². The van der Waals surface area contributed by atoms with E-state index in [1.807, 2.05) is 0 Å². The molecule has 0 aliphatic carbocycles. The SMILES string of the molecule is CC(O)c1ccc(S(=O)(=O)N2CCNC(=O)C2(C)C)cc1. The van der Waals surface area contributed by atoms with Crippen molar-refractivity contribution < 1.29 is 18.3 Å². The van der Waals surface area contributed by atoms with Gasteiger partial charge in [-0.2, -0.15) is 4.31 Å². The number of rotatable bonds is 3. The van der Waals surface area contributed by atoms with E-state index in [1.54, 1.807) is 32.9 Å². The molecule has 0 spiro atoms. The fraction of sp³-hybridized carbons (Fsp3) is 0.500. The van der Waals surface area contributed by atoms with Gasteiger partial charge in [-0.05, 0) is 38.5 Å². The van der Waals surface area contributed by atoms with Gasteiger partial charge in [-0.1, -0.05) is 12.1 Å². The fourth-order valence-electron chi connectivity index (χ4n) is 2.35. The maximum absolute atomic E-state index is 12.7.